The van der Waals surface area contributed by atoms with Crippen LogP contribution < -0.4 is 15.0 Å². The zero-order valence-electron chi connectivity index (χ0n) is 12.2. The van der Waals surface area contributed by atoms with Gasteiger partial charge >= 0.3 is 0 Å². The van der Waals surface area contributed by atoms with E-state index < -0.39 is 0 Å². The number of aromatic nitrogens is 1. The number of hydrogen-bond acceptors (Lipinski definition) is 4. The molecule has 1 aliphatic carbocycles. The van der Waals surface area contributed by atoms with Gasteiger partial charge in [0.05, 0.1) is 11.5 Å². The highest BCUT2D eigenvalue weighted by Crippen LogP contribution is 2.38. The van der Waals surface area contributed by atoms with Crippen LogP contribution in [0, 0.1) is 0 Å². The molecule has 1 atom stereocenters. The van der Waals surface area contributed by atoms with Gasteiger partial charge in [0, 0.05) is 18.7 Å². The predicted molar refractivity (Wildman–Crippen MR) is 82.6 cm³/mol. The van der Waals surface area contributed by atoms with E-state index in [1.165, 1.54) is 0 Å². The van der Waals surface area contributed by atoms with Crippen LogP contribution in [0.4, 0.5) is 0 Å². The van der Waals surface area contributed by atoms with Crippen LogP contribution >= 0.6 is 0 Å². The summed E-state index contributed by atoms with van der Waals surface area (Å²) >= 11 is 0. The fraction of sp³-hybridized carbons (Fsp3) is 0.353. The molecule has 1 aliphatic heterocycles. The standard InChI is InChI=1S/C17H17NO4/c1-2-5-18-14-4-3-10(19)6-12(14)11-7-15-16(22-9-21-15)8-13(11)17(18)20/h2,7-8,10,19H,1,3-6,9H2. The zero-order valence-corrected chi connectivity index (χ0v) is 12.2. The third kappa shape index (κ3) is 1.85. The van der Waals surface area contributed by atoms with Crippen molar-refractivity contribution >= 4 is 10.8 Å². The van der Waals surface area contributed by atoms with Crippen LogP contribution in [-0.4, -0.2) is 22.6 Å². The number of pyridine rings is 1. The molecule has 0 saturated heterocycles. The molecule has 1 N–H and O–H groups in total. The van der Waals surface area contributed by atoms with Crippen molar-refractivity contribution in [3.63, 3.8) is 0 Å². The Morgan fingerprint density at radius 3 is 2.77 bits per heavy atom. The maximum atomic E-state index is 12.8. The number of fused-ring (bicyclic) bond motifs is 4. The maximum Gasteiger partial charge on any atom is 0.259 e. The lowest BCUT2D eigenvalue weighted by atomic mass is 9.89. The lowest BCUT2D eigenvalue weighted by Crippen LogP contribution is -2.30. The summed E-state index contributed by atoms with van der Waals surface area (Å²) in [6.45, 7) is 4.40. The smallest absolute Gasteiger partial charge is 0.259 e. The predicted octanol–water partition coefficient (Wildman–Crippen LogP) is 1.77. The molecule has 1 aromatic carbocycles. The van der Waals surface area contributed by atoms with Gasteiger partial charge in [-0.05, 0) is 35.9 Å². The summed E-state index contributed by atoms with van der Waals surface area (Å²) in [7, 11) is 0. The number of allylic oxidation sites excluding steroid dienone is 1. The van der Waals surface area contributed by atoms with Gasteiger partial charge in [-0.2, -0.15) is 0 Å². The molecule has 1 unspecified atom stereocenters. The van der Waals surface area contributed by atoms with Crippen molar-refractivity contribution in [2.75, 3.05) is 6.79 Å². The second kappa shape index (κ2) is 4.88. The molecular formula is C17H17NO4. The van der Waals surface area contributed by atoms with E-state index in [1.54, 1.807) is 16.7 Å². The van der Waals surface area contributed by atoms with Crippen molar-refractivity contribution in [1.29, 1.82) is 0 Å². The summed E-state index contributed by atoms with van der Waals surface area (Å²) in [6.07, 6.45) is 3.30. The first-order valence-electron chi connectivity index (χ1n) is 7.46. The number of rotatable bonds is 2. The Bertz CT molecular complexity index is 837. The minimum absolute atomic E-state index is 0.0386. The quantitative estimate of drug-likeness (QED) is 0.859. The van der Waals surface area contributed by atoms with Gasteiger partial charge in [0.1, 0.15) is 0 Å². The topological polar surface area (TPSA) is 60.7 Å². The number of ether oxygens (including phenoxy) is 2. The van der Waals surface area contributed by atoms with E-state index in [1.807, 2.05) is 6.07 Å². The molecule has 0 radical (unpaired) electrons. The van der Waals surface area contributed by atoms with Crippen molar-refractivity contribution in [3.05, 3.63) is 46.4 Å². The van der Waals surface area contributed by atoms with Gasteiger partial charge in [-0.3, -0.25) is 4.79 Å². The average Bonchev–Trinajstić information content (AvgIpc) is 2.97. The Labute approximate surface area is 127 Å². The highest BCUT2D eigenvalue weighted by Gasteiger charge is 2.25. The molecule has 114 valence electrons. The summed E-state index contributed by atoms with van der Waals surface area (Å²) in [5, 5.41) is 11.5. The summed E-state index contributed by atoms with van der Waals surface area (Å²) < 4.78 is 12.6. The van der Waals surface area contributed by atoms with E-state index >= 15 is 0 Å². The number of aliphatic hydroxyl groups is 1. The van der Waals surface area contributed by atoms with Gasteiger partial charge in [-0.25, -0.2) is 0 Å². The van der Waals surface area contributed by atoms with Gasteiger partial charge in [0.15, 0.2) is 11.5 Å². The summed E-state index contributed by atoms with van der Waals surface area (Å²) in [4.78, 5) is 12.8. The van der Waals surface area contributed by atoms with Crippen LogP contribution in [0.15, 0.2) is 29.6 Å². The largest absolute Gasteiger partial charge is 0.454 e. The van der Waals surface area contributed by atoms with Gasteiger partial charge in [0.25, 0.3) is 5.56 Å². The molecule has 5 nitrogen and oxygen atoms in total. The average molecular weight is 299 g/mol. The first kappa shape index (κ1) is 13.4. The van der Waals surface area contributed by atoms with Crippen molar-refractivity contribution in [1.82, 2.24) is 4.57 Å². The van der Waals surface area contributed by atoms with Crippen molar-refractivity contribution in [2.24, 2.45) is 0 Å². The first-order valence-corrected chi connectivity index (χ1v) is 7.46. The van der Waals surface area contributed by atoms with Gasteiger partial charge in [0.2, 0.25) is 6.79 Å². The second-order valence-electron chi connectivity index (χ2n) is 5.78. The van der Waals surface area contributed by atoms with E-state index in [-0.39, 0.29) is 18.5 Å². The Kier molecular flexibility index (Phi) is 2.97. The molecule has 5 heteroatoms. The van der Waals surface area contributed by atoms with E-state index in [4.69, 9.17) is 9.47 Å². The highest BCUT2D eigenvalue weighted by molar-refractivity contribution is 5.89. The van der Waals surface area contributed by atoms with E-state index in [2.05, 4.69) is 6.58 Å². The molecule has 0 saturated carbocycles. The minimum Gasteiger partial charge on any atom is -0.454 e. The summed E-state index contributed by atoms with van der Waals surface area (Å²) in [6, 6.07) is 3.62. The molecule has 22 heavy (non-hydrogen) atoms. The number of hydrogen-bond donors (Lipinski definition) is 1. The van der Waals surface area contributed by atoms with E-state index in [0.29, 0.717) is 42.7 Å². The third-order valence-electron chi connectivity index (χ3n) is 4.45. The number of aliphatic hydroxyl groups excluding tert-OH is 1. The first-order chi connectivity index (χ1) is 10.7. The molecule has 2 aliphatic rings. The Hall–Kier alpha value is -2.27. The molecular weight excluding hydrogens is 282 g/mol. The summed E-state index contributed by atoms with van der Waals surface area (Å²) in [5.41, 5.74) is 2.00. The molecule has 0 amide bonds. The van der Waals surface area contributed by atoms with Crippen LogP contribution in [-0.2, 0) is 19.4 Å². The molecule has 0 bridgehead atoms. The SMILES string of the molecule is C=CCn1c2c(c3cc4c(cc3c1=O)OCO4)CC(O)CC2. The van der Waals surface area contributed by atoms with Crippen LogP contribution in [0.3, 0.4) is 0 Å². The zero-order chi connectivity index (χ0) is 15.3. The van der Waals surface area contributed by atoms with Gasteiger partial charge < -0.3 is 19.1 Å². The second-order valence-corrected chi connectivity index (χ2v) is 5.78. The van der Waals surface area contributed by atoms with E-state index in [0.717, 1.165) is 16.6 Å². The van der Waals surface area contributed by atoms with Crippen molar-refractivity contribution in [3.8, 4) is 11.5 Å². The summed E-state index contributed by atoms with van der Waals surface area (Å²) in [5.74, 6) is 1.27. The molecule has 4 rings (SSSR count). The number of benzene rings is 1. The number of nitrogens with zero attached hydrogens (tertiary/aromatic N) is 1. The van der Waals surface area contributed by atoms with Crippen LogP contribution in [0.2, 0.25) is 0 Å². The normalized spacial score (nSPS) is 19.2. The lowest BCUT2D eigenvalue weighted by molar-refractivity contribution is 0.157. The van der Waals surface area contributed by atoms with Crippen molar-refractivity contribution in [2.45, 2.75) is 31.9 Å². The lowest BCUT2D eigenvalue weighted by Gasteiger charge is -2.25. The van der Waals surface area contributed by atoms with E-state index in [9.17, 15) is 9.90 Å². The molecule has 2 heterocycles. The van der Waals surface area contributed by atoms with Gasteiger partial charge in [-0.15, -0.1) is 6.58 Å². The van der Waals surface area contributed by atoms with Crippen LogP contribution in [0.25, 0.3) is 10.8 Å². The Balaban J connectivity index is 2.09. The fourth-order valence-corrected chi connectivity index (χ4v) is 3.43. The van der Waals surface area contributed by atoms with Crippen LogP contribution in [0.1, 0.15) is 17.7 Å². The molecule has 0 spiro atoms. The van der Waals surface area contributed by atoms with Crippen molar-refractivity contribution < 1.29 is 14.6 Å². The minimum atomic E-state index is -0.365. The fourth-order valence-electron chi connectivity index (χ4n) is 3.43. The molecule has 2 aromatic rings. The Morgan fingerprint density at radius 2 is 2.05 bits per heavy atom. The van der Waals surface area contributed by atoms with Crippen LogP contribution in [0.5, 0.6) is 11.5 Å². The molecule has 1 aromatic heterocycles. The highest BCUT2D eigenvalue weighted by atomic mass is 16.7. The Morgan fingerprint density at radius 1 is 1.32 bits per heavy atom. The maximum absolute atomic E-state index is 12.8. The molecule has 0 fully saturated rings. The van der Waals surface area contributed by atoms with Gasteiger partial charge in [-0.1, -0.05) is 6.08 Å². The monoisotopic (exact) mass is 299 g/mol. The third-order valence-corrected chi connectivity index (χ3v) is 4.45.